The minimum Gasteiger partial charge on any atom is -0.374 e. The monoisotopic (exact) mass is 436 g/mol. The number of hydrogen-bond donors (Lipinski definition) is 1. The maximum Gasteiger partial charge on any atom is 0.279 e. The predicted octanol–water partition coefficient (Wildman–Crippen LogP) is 3.08. The molecule has 0 bridgehead atoms. The van der Waals surface area contributed by atoms with Gasteiger partial charge >= 0.3 is 0 Å². The molecule has 4 heterocycles. The molecule has 160 valence electrons. The molecule has 8 nitrogen and oxygen atoms in total. The summed E-state index contributed by atoms with van der Waals surface area (Å²) in [4.78, 5) is 10.9. The van der Waals surface area contributed by atoms with Gasteiger partial charge in [-0.05, 0) is 36.6 Å². The molecule has 1 aliphatic rings. The molecule has 0 amide bonds. The average molecular weight is 437 g/mol. The number of benzene rings is 1. The van der Waals surface area contributed by atoms with Gasteiger partial charge < -0.3 is 14.0 Å². The largest absolute Gasteiger partial charge is 0.374 e. The van der Waals surface area contributed by atoms with E-state index >= 15 is 0 Å². The van der Waals surface area contributed by atoms with Crippen molar-refractivity contribution in [2.45, 2.75) is 18.4 Å². The Bertz CT molecular complexity index is 1430. The van der Waals surface area contributed by atoms with Crippen LogP contribution in [0.1, 0.15) is 11.4 Å². The molecule has 9 heteroatoms. The fourth-order valence-corrected chi connectivity index (χ4v) is 5.49. The number of likely N-dealkylation sites (N-methyl/N-ethyl adjacent to an activating group) is 1. The second kappa shape index (κ2) is 6.84. The Kier molecular flexibility index (Phi) is 4.33. The number of aryl methyl sites for hydroxylation is 2. The van der Waals surface area contributed by atoms with Crippen LogP contribution in [0.2, 0.25) is 0 Å². The second-order valence-electron chi connectivity index (χ2n) is 8.03. The van der Waals surface area contributed by atoms with Crippen LogP contribution in [0.25, 0.3) is 22.2 Å². The molecule has 0 fully saturated rings. The van der Waals surface area contributed by atoms with Gasteiger partial charge in [0.2, 0.25) is 0 Å². The summed E-state index contributed by atoms with van der Waals surface area (Å²) in [5, 5.41) is 0.889. The Morgan fingerprint density at radius 1 is 1.10 bits per heavy atom. The molecule has 1 N–H and O–H groups in total. The van der Waals surface area contributed by atoms with Gasteiger partial charge in [-0.3, -0.25) is 4.72 Å². The molecule has 0 aliphatic carbocycles. The number of rotatable bonds is 4. The maximum atomic E-state index is 13.1. The Hall–Kier alpha value is -3.33. The van der Waals surface area contributed by atoms with Crippen molar-refractivity contribution in [1.82, 2.24) is 19.1 Å². The highest BCUT2D eigenvalue weighted by Gasteiger charge is 2.23. The number of nitrogens with one attached hydrogen (secondary N) is 1. The summed E-state index contributed by atoms with van der Waals surface area (Å²) in [7, 11) is 1.88. The van der Waals surface area contributed by atoms with E-state index < -0.39 is 10.0 Å². The van der Waals surface area contributed by atoms with E-state index in [4.69, 9.17) is 0 Å². The molecule has 0 saturated carbocycles. The number of hydrogen-bond acceptors (Lipinski definition) is 5. The van der Waals surface area contributed by atoms with Crippen LogP contribution in [-0.2, 0) is 30.5 Å². The molecule has 4 aromatic rings. The fraction of sp³-hybridized carbons (Fsp3) is 0.273. The number of fused-ring (bicyclic) bond motifs is 2. The third-order valence-corrected chi connectivity index (χ3v) is 7.50. The zero-order chi connectivity index (χ0) is 21.9. The number of aromatic nitrogens is 4. The zero-order valence-electron chi connectivity index (χ0n) is 17.9. The van der Waals surface area contributed by atoms with Crippen molar-refractivity contribution < 1.29 is 8.42 Å². The van der Waals surface area contributed by atoms with Gasteiger partial charge in [-0.15, -0.1) is 0 Å². The molecular formula is C22H24N6O2S. The number of imidazole rings is 1. The van der Waals surface area contributed by atoms with Gasteiger partial charge in [-0.2, -0.15) is 8.42 Å². The van der Waals surface area contributed by atoms with Gasteiger partial charge in [0.25, 0.3) is 10.0 Å². The van der Waals surface area contributed by atoms with Crippen molar-refractivity contribution in [3.8, 4) is 11.1 Å². The summed E-state index contributed by atoms with van der Waals surface area (Å²) in [6.45, 7) is 2.77. The highest BCUT2D eigenvalue weighted by molar-refractivity contribution is 7.92. The van der Waals surface area contributed by atoms with Crippen LogP contribution in [0.4, 0.5) is 11.4 Å². The van der Waals surface area contributed by atoms with E-state index in [1.54, 1.807) is 30.8 Å². The summed E-state index contributed by atoms with van der Waals surface area (Å²) >= 11 is 0. The molecule has 0 unspecified atom stereocenters. The molecule has 5 rings (SSSR count). The van der Waals surface area contributed by atoms with Crippen molar-refractivity contribution in [3.63, 3.8) is 0 Å². The third kappa shape index (κ3) is 3.07. The standard InChI is InChI=1S/C22H24N6O2S/c1-14-24-12-20(28(14)4)31(29,30)25-18-7-9-23-22-21(18)17(13-27(22)3)16-6-5-15-8-10-26(2)19(15)11-16/h5-7,9,11-13H,8,10H2,1-4H3,(H,23,25). The third-order valence-electron chi connectivity index (χ3n) is 6.08. The first-order valence-electron chi connectivity index (χ1n) is 10.1. The van der Waals surface area contributed by atoms with E-state index in [0.717, 1.165) is 29.5 Å². The normalized spacial score (nSPS) is 13.7. The molecule has 1 aliphatic heterocycles. The van der Waals surface area contributed by atoms with Gasteiger partial charge in [0.05, 0.1) is 17.3 Å². The minimum absolute atomic E-state index is 0.117. The van der Waals surface area contributed by atoms with E-state index in [1.165, 1.54) is 17.4 Å². The van der Waals surface area contributed by atoms with Gasteiger partial charge in [0, 0.05) is 51.3 Å². The Morgan fingerprint density at radius 2 is 1.90 bits per heavy atom. The maximum absolute atomic E-state index is 13.1. The van der Waals surface area contributed by atoms with Crippen molar-refractivity contribution in [2.75, 3.05) is 23.2 Å². The quantitative estimate of drug-likeness (QED) is 0.531. The average Bonchev–Trinajstić information content (AvgIpc) is 3.39. The lowest BCUT2D eigenvalue weighted by atomic mass is 10.0. The molecule has 0 saturated heterocycles. The van der Waals surface area contributed by atoms with Gasteiger partial charge in [0.1, 0.15) is 11.5 Å². The van der Waals surface area contributed by atoms with Crippen molar-refractivity contribution in [1.29, 1.82) is 0 Å². The van der Waals surface area contributed by atoms with E-state index in [9.17, 15) is 8.42 Å². The molecule has 0 atom stereocenters. The Morgan fingerprint density at radius 3 is 2.65 bits per heavy atom. The highest BCUT2D eigenvalue weighted by Crippen LogP contribution is 2.38. The van der Waals surface area contributed by atoms with Crippen molar-refractivity contribution in [2.24, 2.45) is 14.1 Å². The molecular weight excluding hydrogens is 412 g/mol. The Balaban J connectivity index is 1.66. The first-order chi connectivity index (χ1) is 14.8. The first kappa shape index (κ1) is 19.6. The lowest BCUT2D eigenvalue weighted by Crippen LogP contribution is -2.17. The summed E-state index contributed by atoms with van der Waals surface area (Å²) in [5.74, 6) is 0.628. The van der Waals surface area contributed by atoms with Crippen LogP contribution in [-0.4, -0.2) is 41.1 Å². The summed E-state index contributed by atoms with van der Waals surface area (Å²) in [6, 6.07) is 8.13. The van der Waals surface area contributed by atoms with Crippen LogP contribution in [0, 0.1) is 6.92 Å². The van der Waals surface area contributed by atoms with Crippen LogP contribution in [0.5, 0.6) is 0 Å². The highest BCUT2D eigenvalue weighted by atomic mass is 32.2. The van der Waals surface area contributed by atoms with Gasteiger partial charge in [0.15, 0.2) is 5.03 Å². The van der Waals surface area contributed by atoms with Crippen LogP contribution in [0.3, 0.4) is 0 Å². The van der Waals surface area contributed by atoms with E-state index in [2.05, 4.69) is 44.8 Å². The summed E-state index contributed by atoms with van der Waals surface area (Å²) in [5.41, 5.74) is 5.72. The molecule has 3 aromatic heterocycles. The topological polar surface area (TPSA) is 85.1 Å². The van der Waals surface area contributed by atoms with E-state index in [0.29, 0.717) is 17.2 Å². The first-order valence-corrected chi connectivity index (χ1v) is 11.5. The molecule has 31 heavy (non-hydrogen) atoms. The summed E-state index contributed by atoms with van der Waals surface area (Å²) in [6.07, 6.45) is 6.03. The molecule has 1 aromatic carbocycles. The van der Waals surface area contributed by atoms with E-state index in [1.807, 2.05) is 17.8 Å². The predicted molar refractivity (Wildman–Crippen MR) is 122 cm³/mol. The number of pyridine rings is 1. The number of nitrogens with zero attached hydrogens (tertiary/aromatic N) is 5. The van der Waals surface area contributed by atoms with Crippen LogP contribution in [0.15, 0.2) is 47.9 Å². The minimum atomic E-state index is -3.82. The van der Waals surface area contributed by atoms with Crippen LogP contribution >= 0.6 is 0 Å². The smallest absolute Gasteiger partial charge is 0.279 e. The van der Waals surface area contributed by atoms with Gasteiger partial charge in [-0.1, -0.05) is 12.1 Å². The summed E-state index contributed by atoms with van der Waals surface area (Å²) < 4.78 is 32.5. The zero-order valence-corrected chi connectivity index (χ0v) is 18.7. The Labute approximate surface area is 181 Å². The molecule has 0 radical (unpaired) electrons. The number of anilines is 2. The lowest BCUT2D eigenvalue weighted by Gasteiger charge is -2.14. The van der Waals surface area contributed by atoms with Crippen molar-refractivity contribution >= 4 is 32.4 Å². The SMILES string of the molecule is Cc1ncc(S(=O)(=O)Nc2ccnc3c2c(-c2ccc4c(c2)N(C)CC4)cn3C)n1C. The number of sulfonamides is 1. The fourth-order valence-electron chi connectivity index (χ4n) is 4.24. The molecule has 0 spiro atoms. The second-order valence-corrected chi connectivity index (χ2v) is 9.66. The van der Waals surface area contributed by atoms with Crippen molar-refractivity contribution in [3.05, 3.63) is 54.2 Å². The van der Waals surface area contributed by atoms with E-state index in [-0.39, 0.29) is 5.03 Å². The van der Waals surface area contributed by atoms with Crippen LogP contribution < -0.4 is 9.62 Å². The lowest BCUT2D eigenvalue weighted by molar-refractivity contribution is 0.590. The van der Waals surface area contributed by atoms with Gasteiger partial charge in [-0.25, -0.2) is 9.97 Å².